The van der Waals surface area contributed by atoms with E-state index < -0.39 is 29.3 Å². The molecule has 1 aromatic carbocycles. The number of aromatic carboxylic acids is 1. The van der Waals surface area contributed by atoms with Gasteiger partial charge in [0.15, 0.2) is 0 Å². The molecule has 1 aliphatic heterocycles. The van der Waals surface area contributed by atoms with Gasteiger partial charge in [0, 0.05) is 24.5 Å². The van der Waals surface area contributed by atoms with Crippen LogP contribution in [0.5, 0.6) is 0 Å². The number of carboxylic acid groups (broad SMARTS) is 2. The van der Waals surface area contributed by atoms with Crippen molar-refractivity contribution in [2.24, 2.45) is 5.41 Å². The topological polar surface area (TPSA) is 98.1 Å². The maximum atomic E-state index is 13.5. The molecule has 0 amide bonds. The van der Waals surface area contributed by atoms with Crippen molar-refractivity contribution in [1.29, 1.82) is 0 Å². The first-order valence-corrected chi connectivity index (χ1v) is 9.32. The van der Waals surface area contributed by atoms with Gasteiger partial charge in [-0.1, -0.05) is 12.1 Å². The fraction of sp³-hybridized carbons (Fsp3) is 0.368. The van der Waals surface area contributed by atoms with Crippen molar-refractivity contribution in [3.63, 3.8) is 0 Å². The predicted octanol–water partition coefficient (Wildman–Crippen LogP) is 2.47. The second-order valence-electron chi connectivity index (χ2n) is 6.85. The number of aliphatic hydroxyl groups is 1. The monoisotopic (exact) mass is 393 g/mol. The summed E-state index contributed by atoms with van der Waals surface area (Å²) in [7, 11) is 0. The summed E-state index contributed by atoms with van der Waals surface area (Å²) in [5.74, 6) is -2.57. The highest BCUT2D eigenvalue weighted by atomic mass is 32.1. The van der Waals surface area contributed by atoms with Gasteiger partial charge in [0.2, 0.25) is 0 Å². The summed E-state index contributed by atoms with van der Waals surface area (Å²) >= 11 is 1.15. The van der Waals surface area contributed by atoms with Crippen LogP contribution in [0.3, 0.4) is 0 Å². The first-order chi connectivity index (χ1) is 12.8. The predicted molar refractivity (Wildman–Crippen MR) is 97.4 cm³/mol. The van der Waals surface area contributed by atoms with Gasteiger partial charge in [0.25, 0.3) is 0 Å². The molecule has 2 heterocycles. The van der Waals surface area contributed by atoms with Gasteiger partial charge in [-0.15, -0.1) is 11.3 Å². The van der Waals surface area contributed by atoms with Crippen molar-refractivity contribution >= 4 is 23.3 Å². The Bertz CT molecular complexity index is 854. The average Bonchev–Trinajstić information content (AvgIpc) is 3.06. The highest BCUT2D eigenvalue weighted by molar-refractivity contribution is 7.13. The number of carboxylic acids is 2. The van der Waals surface area contributed by atoms with Crippen LogP contribution in [0.25, 0.3) is 0 Å². The molecule has 0 saturated carbocycles. The first kappa shape index (κ1) is 19.5. The van der Waals surface area contributed by atoms with Crippen LogP contribution in [0.4, 0.5) is 4.39 Å². The fourth-order valence-electron chi connectivity index (χ4n) is 3.57. The highest BCUT2D eigenvalue weighted by Crippen LogP contribution is 2.36. The minimum absolute atomic E-state index is 0.0164. The van der Waals surface area contributed by atoms with Crippen molar-refractivity contribution in [3.05, 3.63) is 57.5 Å². The van der Waals surface area contributed by atoms with Crippen LogP contribution in [-0.4, -0.2) is 51.4 Å². The molecule has 0 aliphatic carbocycles. The lowest BCUT2D eigenvalue weighted by Crippen LogP contribution is -2.56. The summed E-state index contributed by atoms with van der Waals surface area (Å²) in [4.78, 5) is 26.1. The van der Waals surface area contributed by atoms with Crippen LogP contribution in [0.2, 0.25) is 0 Å². The van der Waals surface area contributed by atoms with Crippen LogP contribution in [0.1, 0.15) is 26.5 Å². The van der Waals surface area contributed by atoms with Gasteiger partial charge in [-0.25, -0.2) is 9.18 Å². The van der Waals surface area contributed by atoms with E-state index in [4.69, 9.17) is 5.11 Å². The summed E-state index contributed by atoms with van der Waals surface area (Å²) < 4.78 is 13.5. The zero-order chi connectivity index (χ0) is 19.6. The number of likely N-dealkylation sites (tertiary alicyclic amines) is 1. The quantitative estimate of drug-likeness (QED) is 0.698. The number of halogens is 1. The number of aliphatic carboxylic acids is 1. The van der Waals surface area contributed by atoms with Gasteiger partial charge in [-0.2, -0.15) is 0 Å². The Balaban J connectivity index is 1.81. The van der Waals surface area contributed by atoms with E-state index in [1.54, 1.807) is 12.1 Å². The number of aliphatic hydroxyl groups excluding tert-OH is 1. The second-order valence-corrected chi connectivity index (χ2v) is 8.02. The van der Waals surface area contributed by atoms with E-state index in [2.05, 4.69) is 0 Å². The van der Waals surface area contributed by atoms with E-state index in [-0.39, 0.29) is 24.3 Å². The minimum atomic E-state index is -1.45. The van der Waals surface area contributed by atoms with Crippen LogP contribution in [-0.2, 0) is 17.8 Å². The number of rotatable bonds is 6. The van der Waals surface area contributed by atoms with E-state index >= 15 is 0 Å². The maximum absolute atomic E-state index is 13.5. The molecule has 1 fully saturated rings. The molecule has 1 aromatic heterocycles. The number of nitrogens with zero attached hydrogens (tertiary/aromatic N) is 1. The number of thiophene rings is 1. The molecule has 1 aliphatic rings. The van der Waals surface area contributed by atoms with Crippen molar-refractivity contribution in [3.8, 4) is 0 Å². The lowest BCUT2D eigenvalue weighted by atomic mass is 9.73. The smallest absolute Gasteiger partial charge is 0.345 e. The highest BCUT2D eigenvalue weighted by Gasteiger charge is 2.49. The molecule has 1 saturated heterocycles. The Kier molecular flexibility index (Phi) is 5.59. The van der Waals surface area contributed by atoms with Crippen molar-refractivity contribution < 1.29 is 29.3 Å². The lowest BCUT2D eigenvalue weighted by Gasteiger charge is -2.43. The summed E-state index contributed by atoms with van der Waals surface area (Å²) in [5.41, 5.74) is -0.929. The molecule has 6 nitrogen and oxygen atoms in total. The third kappa shape index (κ3) is 4.18. The van der Waals surface area contributed by atoms with Gasteiger partial charge in [0.05, 0.1) is 6.10 Å². The molecule has 3 rings (SSSR count). The summed E-state index contributed by atoms with van der Waals surface area (Å²) in [6.07, 6.45) is -0.756. The third-order valence-electron chi connectivity index (χ3n) is 4.95. The molecule has 27 heavy (non-hydrogen) atoms. The molecule has 0 spiro atoms. The van der Waals surface area contributed by atoms with E-state index in [9.17, 15) is 24.2 Å². The number of benzene rings is 1. The molecule has 0 unspecified atom stereocenters. The normalized spacial score (nSPS) is 23.3. The molecule has 2 aromatic rings. The molecule has 8 heteroatoms. The van der Waals surface area contributed by atoms with Crippen molar-refractivity contribution in [2.45, 2.75) is 25.5 Å². The van der Waals surface area contributed by atoms with E-state index in [0.29, 0.717) is 18.7 Å². The van der Waals surface area contributed by atoms with Gasteiger partial charge < -0.3 is 15.3 Å². The molecule has 144 valence electrons. The second kappa shape index (κ2) is 7.75. The Morgan fingerprint density at radius 3 is 2.67 bits per heavy atom. The number of hydrogen-bond donors (Lipinski definition) is 3. The summed E-state index contributed by atoms with van der Waals surface area (Å²) in [5, 5.41) is 29.4. The Morgan fingerprint density at radius 1 is 1.26 bits per heavy atom. The average molecular weight is 393 g/mol. The zero-order valence-corrected chi connectivity index (χ0v) is 15.3. The van der Waals surface area contributed by atoms with Gasteiger partial charge in [-0.05, 0) is 42.7 Å². The SMILES string of the molecule is O=C(O)c1ccc(CN2CC[C@H](O)[C@](Cc3cccc(F)c3)(C(=O)O)C2)s1. The Hall–Kier alpha value is -2.29. The van der Waals surface area contributed by atoms with Crippen molar-refractivity contribution in [1.82, 2.24) is 4.90 Å². The van der Waals surface area contributed by atoms with E-state index in [1.165, 1.54) is 24.3 Å². The number of piperidine rings is 1. The van der Waals surface area contributed by atoms with E-state index in [0.717, 1.165) is 16.2 Å². The van der Waals surface area contributed by atoms with Gasteiger partial charge >= 0.3 is 11.9 Å². The fourth-order valence-corrected chi connectivity index (χ4v) is 4.46. The third-order valence-corrected chi connectivity index (χ3v) is 6.01. The molecule has 0 bridgehead atoms. The number of hydrogen-bond acceptors (Lipinski definition) is 5. The standard InChI is InChI=1S/C19H20FNO5S/c20-13-3-1-2-12(8-13)9-19(18(25)26)11-21(7-6-16(19)22)10-14-4-5-15(27-14)17(23)24/h1-5,8,16,22H,6-7,9-11H2,(H,23,24)(H,25,26)/t16-,19+/m0/s1. The van der Waals surface area contributed by atoms with Crippen LogP contribution in [0.15, 0.2) is 36.4 Å². The lowest BCUT2D eigenvalue weighted by molar-refractivity contribution is -0.163. The van der Waals surface area contributed by atoms with Crippen molar-refractivity contribution in [2.75, 3.05) is 13.1 Å². The van der Waals surface area contributed by atoms with Crippen LogP contribution in [0, 0.1) is 11.2 Å². The van der Waals surface area contributed by atoms with Gasteiger partial charge in [0.1, 0.15) is 16.1 Å². The van der Waals surface area contributed by atoms with E-state index in [1.807, 2.05) is 4.90 Å². The first-order valence-electron chi connectivity index (χ1n) is 8.50. The Morgan fingerprint density at radius 2 is 2.04 bits per heavy atom. The maximum Gasteiger partial charge on any atom is 0.345 e. The largest absolute Gasteiger partial charge is 0.481 e. The number of carbonyl (C=O) groups is 2. The molecule has 0 radical (unpaired) electrons. The molecular weight excluding hydrogens is 373 g/mol. The van der Waals surface area contributed by atoms with Crippen LogP contribution < -0.4 is 0 Å². The molecular formula is C19H20FNO5S. The minimum Gasteiger partial charge on any atom is -0.481 e. The summed E-state index contributed by atoms with van der Waals surface area (Å²) in [6.45, 7) is 1.00. The van der Waals surface area contributed by atoms with Gasteiger partial charge in [-0.3, -0.25) is 9.69 Å². The Labute approximate surface area is 159 Å². The zero-order valence-electron chi connectivity index (χ0n) is 14.5. The molecule has 3 N–H and O–H groups in total. The molecule has 2 atom stereocenters. The summed E-state index contributed by atoms with van der Waals surface area (Å²) in [6, 6.07) is 8.99. The van der Waals surface area contributed by atoms with Crippen LogP contribution >= 0.6 is 11.3 Å².